The minimum atomic E-state index is -0.0280. The molecule has 0 aromatic heterocycles. The molecule has 4 heteroatoms. The van der Waals surface area contributed by atoms with Gasteiger partial charge < -0.3 is 5.73 Å². The summed E-state index contributed by atoms with van der Waals surface area (Å²) in [6, 6.07) is 4.92. The Kier molecular flexibility index (Phi) is 2.93. The smallest absolute Gasteiger partial charge is 0.159 e. The first-order valence-corrected chi connectivity index (χ1v) is 4.43. The van der Waals surface area contributed by atoms with Crippen molar-refractivity contribution >= 4 is 23.2 Å². The molecule has 3 nitrogen and oxygen atoms in total. The van der Waals surface area contributed by atoms with Gasteiger partial charge in [-0.3, -0.25) is 4.79 Å². The van der Waals surface area contributed by atoms with Crippen molar-refractivity contribution in [3.8, 4) is 5.40 Å². The third-order valence-electron chi connectivity index (χ3n) is 1.58. The molecule has 0 spiro atoms. The van der Waals surface area contributed by atoms with Gasteiger partial charge in [0, 0.05) is 16.1 Å². The maximum atomic E-state index is 11.0. The summed E-state index contributed by atoms with van der Waals surface area (Å²) >= 11 is 0.962. The molecule has 0 fully saturated rings. The van der Waals surface area contributed by atoms with Crippen LogP contribution >= 0.6 is 11.8 Å². The highest BCUT2D eigenvalue weighted by Crippen LogP contribution is 2.25. The summed E-state index contributed by atoms with van der Waals surface area (Å²) in [6.45, 7) is 1.48. The lowest BCUT2D eigenvalue weighted by atomic mass is 10.1. The number of benzene rings is 1. The molecular formula is C9H8N2OS. The average molecular weight is 192 g/mol. The van der Waals surface area contributed by atoms with Crippen LogP contribution in [0, 0.1) is 10.7 Å². The molecule has 0 saturated heterocycles. The van der Waals surface area contributed by atoms with E-state index >= 15 is 0 Å². The first-order chi connectivity index (χ1) is 6.15. The fourth-order valence-electron chi connectivity index (χ4n) is 0.891. The molecule has 0 aliphatic rings. The zero-order chi connectivity index (χ0) is 9.84. The van der Waals surface area contributed by atoms with Gasteiger partial charge in [-0.05, 0) is 36.9 Å². The van der Waals surface area contributed by atoms with Crippen LogP contribution in [0.25, 0.3) is 0 Å². The molecule has 0 heterocycles. The second kappa shape index (κ2) is 3.97. The topological polar surface area (TPSA) is 66.9 Å². The summed E-state index contributed by atoms with van der Waals surface area (Å²) in [4.78, 5) is 11.6. The van der Waals surface area contributed by atoms with E-state index in [2.05, 4.69) is 0 Å². The van der Waals surface area contributed by atoms with Crippen molar-refractivity contribution in [3.63, 3.8) is 0 Å². The van der Waals surface area contributed by atoms with Gasteiger partial charge in [0.15, 0.2) is 5.78 Å². The van der Waals surface area contributed by atoms with Crippen LogP contribution in [0.15, 0.2) is 23.1 Å². The Bertz CT molecular complexity index is 382. The molecule has 66 valence electrons. The fourth-order valence-corrected chi connectivity index (χ4v) is 1.36. The van der Waals surface area contributed by atoms with Crippen molar-refractivity contribution in [1.29, 1.82) is 5.26 Å². The summed E-state index contributed by atoms with van der Waals surface area (Å²) in [5.74, 6) is -0.0280. The Morgan fingerprint density at radius 2 is 2.31 bits per heavy atom. The van der Waals surface area contributed by atoms with Crippen LogP contribution in [-0.2, 0) is 0 Å². The zero-order valence-electron chi connectivity index (χ0n) is 7.07. The van der Waals surface area contributed by atoms with E-state index in [0.29, 0.717) is 16.1 Å². The number of nitrogen functional groups attached to an aromatic ring is 1. The number of nitriles is 1. The average Bonchev–Trinajstić information content (AvgIpc) is 2.08. The molecule has 0 aliphatic heterocycles. The Hall–Kier alpha value is -1.47. The predicted molar refractivity (Wildman–Crippen MR) is 52.3 cm³/mol. The van der Waals surface area contributed by atoms with Gasteiger partial charge >= 0.3 is 0 Å². The van der Waals surface area contributed by atoms with E-state index in [0.717, 1.165) is 11.8 Å². The number of anilines is 1. The third-order valence-corrected chi connectivity index (χ3v) is 2.24. The van der Waals surface area contributed by atoms with Crippen molar-refractivity contribution in [2.75, 3.05) is 5.73 Å². The van der Waals surface area contributed by atoms with E-state index in [1.807, 2.05) is 5.40 Å². The lowest BCUT2D eigenvalue weighted by Gasteiger charge is -2.01. The summed E-state index contributed by atoms with van der Waals surface area (Å²) in [6.07, 6.45) is 0. The molecule has 2 N–H and O–H groups in total. The molecule has 0 atom stereocenters. The van der Waals surface area contributed by atoms with Crippen molar-refractivity contribution in [2.45, 2.75) is 11.8 Å². The summed E-state index contributed by atoms with van der Waals surface area (Å²) in [5.41, 5.74) is 6.69. The SMILES string of the molecule is CC(=O)c1ccc(N)c(SC#N)c1. The van der Waals surface area contributed by atoms with Crippen molar-refractivity contribution in [3.05, 3.63) is 23.8 Å². The number of Topliss-reactive ketones (excluding diaryl/α,β-unsaturated/α-hetero) is 1. The van der Waals surface area contributed by atoms with Crippen LogP contribution in [0.1, 0.15) is 17.3 Å². The number of ketones is 1. The van der Waals surface area contributed by atoms with Crippen molar-refractivity contribution in [1.82, 2.24) is 0 Å². The molecule has 0 bridgehead atoms. The number of thioether (sulfide) groups is 1. The number of thiocyanates is 1. The summed E-state index contributed by atoms with van der Waals surface area (Å²) < 4.78 is 0. The van der Waals surface area contributed by atoms with E-state index in [1.54, 1.807) is 18.2 Å². The van der Waals surface area contributed by atoms with Gasteiger partial charge in [-0.25, -0.2) is 0 Å². The molecule has 0 saturated carbocycles. The van der Waals surface area contributed by atoms with Gasteiger partial charge in [-0.15, -0.1) is 0 Å². The van der Waals surface area contributed by atoms with E-state index in [1.165, 1.54) is 6.92 Å². The lowest BCUT2D eigenvalue weighted by molar-refractivity contribution is 0.101. The Morgan fingerprint density at radius 3 is 2.85 bits per heavy atom. The Morgan fingerprint density at radius 1 is 1.62 bits per heavy atom. The quantitative estimate of drug-likeness (QED) is 0.337. The molecule has 0 amide bonds. The lowest BCUT2D eigenvalue weighted by Crippen LogP contribution is -1.94. The summed E-state index contributed by atoms with van der Waals surface area (Å²) in [5, 5.41) is 10.4. The van der Waals surface area contributed by atoms with Crippen LogP contribution in [0.5, 0.6) is 0 Å². The van der Waals surface area contributed by atoms with Crippen LogP contribution < -0.4 is 5.73 Å². The van der Waals surface area contributed by atoms with Gasteiger partial charge in [0.05, 0.1) is 0 Å². The van der Waals surface area contributed by atoms with Gasteiger partial charge in [-0.2, -0.15) is 5.26 Å². The molecule has 0 radical (unpaired) electrons. The highest BCUT2D eigenvalue weighted by atomic mass is 32.2. The predicted octanol–water partition coefficient (Wildman–Crippen LogP) is 2.04. The van der Waals surface area contributed by atoms with Crippen molar-refractivity contribution in [2.24, 2.45) is 0 Å². The first kappa shape index (κ1) is 9.62. The Balaban J connectivity index is 3.12. The largest absolute Gasteiger partial charge is 0.398 e. The molecule has 13 heavy (non-hydrogen) atoms. The number of carbonyl (C=O) groups is 1. The Labute approximate surface area is 80.5 Å². The number of nitrogens with two attached hydrogens (primary N) is 1. The van der Waals surface area contributed by atoms with E-state index in [9.17, 15) is 4.79 Å². The van der Waals surface area contributed by atoms with Gasteiger partial charge in [-0.1, -0.05) is 0 Å². The first-order valence-electron chi connectivity index (χ1n) is 3.61. The van der Waals surface area contributed by atoms with Crippen LogP contribution in [-0.4, -0.2) is 5.78 Å². The van der Waals surface area contributed by atoms with Crippen LogP contribution in [0.3, 0.4) is 0 Å². The number of nitrogens with zero attached hydrogens (tertiary/aromatic N) is 1. The van der Waals surface area contributed by atoms with Crippen molar-refractivity contribution < 1.29 is 4.79 Å². The molecule has 0 unspecified atom stereocenters. The van der Waals surface area contributed by atoms with Gasteiger partial charge in [0.25, 0.3) is 0 Å². The van der Waals surface area contributed by atoms with Crippen LogP contribution in [0.2, 0.25) is 0 Å². The van der Waals surface area contributed by atoms with E-state index in [-0.39, 0.29) is 5.78 Å². The molecule has 1 aromatic carbocycles. The van der Waals surface area contributed by atoms with Gasteiger partial charge in [0.2, 0.25) is 0 Å². The molecule has 1 aromatic rings. The maximum Gasteiger partial charge on any atom is 0.159 e. The zero-order valence-corrected chi connectivity index (χ0v) is 7.89. The number of hydrogen-bond acceptors (Lipinski definition) is 4. The van der Waals surface area contributed by atoms with E-state index < -0.39 is 0 Å². The maximum absolute atomic E-state index is 11.0. The minimum absolute atomic E-state index is 0.0280. The standard InChI is InChI=1S/C9H8N2OS/c1-6(12)7-2-3-8(11)9(4-7)13-5-10/h2-4H,11H2,1H3. The second-order valence-corrected chi connectivity index (χ2v) is 3.33. The third kappa shape index (κ3) is 2.23. The monoisotopic (exact) mass is 192 g/mol. The van der Waals surface area contributed by atoms with Crippen LogP contribution in [0.4, 0.5) is 5.69 Å². The molecule has 0 aliphatic carbocycles. The molecule has 1 rings (SSSR count). The number of hydrogen-bond donors (Lipinski definition) is 1. The van der Waals surface area contributed by atoms with Gasteiger partial charge in [0.1, 0.15) is 5.40 Å². The number of carbonyl (C=O) groups excluding carboxylic acids is 1. The normalized spacial score (nSPS) is 9.23. The van der Waals surface area contributed by atoms with E-state index in [4.69, 9.17) is 11.0 Å². The second-order valence-electron chi connectivity index (χ2n) is 2.50. The highest BCUT2D eigenvalue weighted by Gasteiger charge is 2.04. The number of rotatable bonds is 2. The minimum Gasteiger partial charge on any atom is -0.398 e. The highest BCUT2D eigenvalue weighted by molar-refractivity contribution is 8.03. The fraction of sp³-hybridized carbons (Fsp3) is 0.111. The summed E-state index contributed by atoms with van der Waals surface area (Å²) in [7, 11) is 0. The molecular weight excluding hydrogens is 184 g/mol.